The van der Waals surface area contributed by atoms with Crippen LogP contribution in [-0.2, 0) is 6.54 Å². The highest BCUT2D eigenvalue weighted by molar-refractivity contribution is 5.94. The van der Waals surface area contributed by atoms with E-state index in [0.717, 1.165) is 24.8 Å². The second-order valence-corrected chi connectivity index (χ2v) is 7.44. The molecular formula is C25H26N4O3. The summed E-state index contributed by atoms with van der Waals surface area (Å²) in [5.74, 6) is -0.0104. The molecule has 0 unspecified atom stereocenters. The third-order valence-corrected chi connectivity index (χ3v) is 4.99. The third kappa shape index (κ3) is 6.57. The number of hydrogen-bond donors (Lipinski definition) is 0. The highest BCUT2D eigenvalue weighted by Crippen LogP contribution is 2.22. The zero-order valence-electron chi connectivity index (χ0n) is 18.1. The van der Waals surface area contributed by atoms with Gasteiger partial charge in [-0.25, -0.2) is 0 Å². The minimum atomic E-state index is -0.458. The van der Waals surface area contributed by atoms with Gasteiger partial charge in [0.15, 0.2) is 0 Å². The summed E-state index contributed by atoms with van der Waals surface area (Å²) in [4.78, 5) is 25.3. The third-order valence-electron chi connectivity index (χ3n) is 4.99. The Morgan fingerprint density at radius 2 is 1.47 bits per heavy atom. The van der Waals surface area contributed by atoms with Crippen molar-refractivity contribution >= 4 is 23.0 Å². The Hall–Kier alpha value is -3.87. The van der Waals surface area contributed by atoms with E-state index in [-0.39, 0.29) is 11.6 Å². The summed E-state index contributed by atoms with van der Waals surface area (Å²) >= 11 is 0. The highest BCUT2D eigenvalue weighted by Gasteiger charge is 2.16. The van der Waals surface area contributed by atoms with Gasteiger partial charge in [0.25, 0.3) is 11.6 Å². The topological polar surface area (TPSA) is 88.2 Å². The molecule has 0 radical (unpaired) electrons. The van der Waals surface area contributed by atoms with Crippen molar-refractivity contribution in [1.29, 1.82) is 0 Å². The number of azo groups is 1. The van der Waals surface area contributed by atoms with Crippen molar-refractivity contribution in [3.63, 3.8) is 0 Å². The van der Waals surface area contributed by atoms with Crippen molar-refractivity contribution in [2.24, 2.45) is 10.2 Å². The minimum absolute atomic E-state index is 0.00538. The largest absolute Gasteiger partial charge is 0.334 e. The van der Waals surface area contributed by atoms with Crippen LogP contribution in [0, 0.1) is 10.1 Å². The molecular weight excluding hydrogens is 404 g/mol. The quantitative estimate of drug-likeness (QED) is 0.153. The van der Waals surface area contributed by atoms with Gasteiger partial charge in [0.05, 0.1) is 16.3 Å². The van der Waals surface area contributed by atoms with E-state index in [9.17, 15) is 14.9 Å². The summed E-state index contributed by atoms with van der Waals surface area (Å²) in [5, 5.41) is 19.0. The predicted molar refractivity (Wildman–Crippen MR) is 124 cm³/mol. The lowest BCUT2D eigenvalue weighted by Crippen LogP contribution is -2.31. The molecule has 0 heterocycles. The highest BCUT2D eigenvalue weighted by atomic mass is 16.6. The molecule has 0 aliphatic carbocycles. The standard InChI is InChI=1S/C25H26N4O3/c1-2-3-7-18-28(19-20-8-5-4-6-9-20)25(30)21-10-12-22(13-11-21)26-27-23-14-16-24(17-15-23)29(31)32/h4-6,8-17H,2-3,7,18-19H2,1H3. The number of carbonyl (C=O) groups is 1. The van der Waals surface area contributed by atoms with Crippen molar-refractivity contribution in [3.05, 3.63) is 100 Å². The number of rotatable bonds is 10. The fourth-order valence-electron chi connectivity index (χ4n) is 3.22. The van der Waals surface area contributed by atoms with Gasteiger partial charge in [-0.2, -0.15) is 10.2 Å². The average molecular weight is 431 g/mol. The molecule has 0 saturated carbocycles. The van der Waals surface area contributed by atoms with Gasteiger partial charge in [-0.05, 0) is 48.4 Å². The van der Waals surface area contributed by atoms with Gasteiger partial charge in [0.1, 0.15) is 0 Å². The van der Waals surface area contributed by atoms with Crippen molar-refractivity contribution in [2.45, 2.75) is 32.7 Å². The Balaban J connectivity index is 1.68. The summed E-state index contributed by atoms with van der Waals surface area (Å²) in [5.41, 5.74) is 2.82. The summed E-state index contributed by atoms with van der Waals surface area (Å²) in [7, 11) is 0. The number of carbonyl (C=O) groups excluding carboxylic acids is 1. The monoisotopic (exact) mass is 430 g/mol. The molecule has 0 aliphatic heterocycles. The average Bonchev–Trinajstić information content (AvgIpc) is 2.83. The Morgan fingerprint density at radius 3 is 2.03 bits per heavy atom. The van der Waals surface area contributed by atoms with Gasteiger partial charge >= 0.3 is 0 Å². The van der Waals surface area contributed by atoms with Gasteiger partial charge in [0.2, 0.25) is 0 Å². The van der Waals surface area contributed by atoms with E-state index in [1.54, 1.807) is 24.3 Å². The van der Waals surface area contributed by atoms with Gasteiger partial charge in [-0.3, -0.25) is 14.9 Å². The lowest BCUT2D eigenvalue weighted by atomic mass is 10.1. The van der Waals surface area contributed by atoms with Gasteiger partial charge in [-0.15, -0.1) is 0 Å². The molecule has 1 amide bonds. The minimum Gasteiger partial charge on any atom is -0.334 e. The van der Waals surface area contributed by atoms with E-state index < -0.39 is 4.92 Å². The van der Waals surface area contributed by atoms with Crippen LogP contribution in [0.1, 0.15) is 42.1 Å². The number of amides is 1. The van der Waals surface area contributed by atoms with E-state index >= 15 is 0 Å². The second-order valence-electron chi connectivity index (χ2n) is 7.44. The maximum absolute atomic E-state index is 13.1. The maximum Gasteiger partial charge on any atom is 0.269 e. The molecule has 0 aliphatic rings. The van der Waals surface area contributed by atoms with Crippen LogP contribution in [-0.4, -0.2) is 22.3 Å². The molecule has 32 heavy (non-hydrogen) atoms. The first kappa shape index (κ1) is 22.8. The molecule has 0 N–H and O–H groups in total. The predicted octanol–water partition coefficient (Wildman–Crippen LogP) is 6.84. The Bertz CT molecular complexity index is 1050. The molecule has 3 rings (SSSR count). The fraction of sp³-hybridized carbons (Fsp3) is 0.240. The molecule has 7 heteroatoms. The van der Waals surface area contributed by atoms with Crippen LogP contribution in [0.15, 0.2) is 89.1 Å². The van der Waals surface area contributed by atoms with Gasteiger partial charge < -0.3 is 4.90 Å². The zero-order chi connectivity index (χ0) is 22.8. The number of benzene rings is 3. The van der Waals surface area contributed by atoms with Crippen LogP contribution in [0.4, 0.5) is 17.1 Å². The molecule has 0 bridgehead atoms. The number of nitro benzene ring substituents is 1. The van der Waals surface area contributed by atoms with E-state index in [2.05, 4.69) is 17.2 Å². The van der Waals surface area contributed by atoms with Crippen LogP contribution in [0.2, 0.25) is 0 Å². The van der Waals surface area contributed by atoms with Crippen LogP contribution in [0.5, 0.6) is 0 Å². The molecule has 0 spiro atoms. The van der Waals surface area contributed by atoms with E-state index in [1.165, 1.54) is 24.3 Å². The van der Waals surface area contributed by atoms with Crippen LogP contribution < -0.4 is 0 Å². The summed E-state index contributed by atoms with van der Waals surface area (Å²) in [6.45, 7) is 3.43. The van der Waals surface area contributed by atoms with E-state index in [4.69, 9.17) is 0 Å². The number of unbranched alkanes of at least 4 members (excludes halogenated alkanes) is 2. The number of non-ortho nitro benzene ring substituents is 1. The Kier molecular flexibility index (Phi) is 8.20. The molecule has 0 aromatic heterocycles. The fourth-order valence-corrected chi connectivity index (χ4v) is 3.22. The Labute approximate surface area is 187 Å². The molecule has 3 aromatic rings. The molecule has 0 saturated heterocycles. The lowest BCUT2D eigenvalue weighted by molar-refractivity contribution is -0.384. The van der Waals surface area contributed by atoms with Crippen LogP contribution in [0.25, 0.3) is 0 Å². The van der Waals surface area contributed by atoms with Crippen molar-refractivity contribution < 1.29 is 9.72 Å². The zero-order valence-corrected chi connectivity index (χ0v) is 18.1. The lowest BCUT2D eigenvalue weighted by Gasteiger charge is -2.23. The summed E-state index contributed by atoms with van der Waals surface area (Å²) < 4.78 is 0. The van der Waals surface area contributed by atoms with E-state index in [1.807, 2.05) is 35.2 Å². The Morgan fingerprint density at radius 1 is 0.875 bits per heavy atom. The number of hydrogen-bond acceptors (Lipinski definition) is 5. The van der Waals surface area contributed by atoms with Gasteiger partial charge in [0, 0.05) is 30.8 Å². The summed E-state index contributed by atoms with van der Waals surface area (Å²) in [6.07, 6.45) is 3.15. The van der Waals surface area contributed by atoms with Crippen molar-refractivity contribution in [2.75, 3.05) is 6.54 Å². The van der Waals surface area contributed by atoms with Crippen LogP contribution in [0.3, 0.4) is 0 Å². The molecule has 7 nitrogen and oxygen atoms in total. The van der Waals surface area contributed by atoms with Crippen LogP contribution >= 0.6 is 0 Å². The maximum atomic E-state index is 13.1. The smallest absolute Gasteiger partial charge is 0.269 e. The normalized spacial score (nSPS) is 10.9. The molecule has 164 valence electrons. The SMILES string of the molecule is CCCCCN(Cc1ccccc1)C(=O)c1ccc(N=Nc2ccc([N+](=O)[O-])cc2)cc1. The molecule has 3 aromatic carbocycles. The summed E-state index contributed by atoms with van der Waals surface area (Å²) in [6, 6.07) is 22.8. The molecule has 0 fully saturated rings. The first-order valence-corrected chi connectivity index (χ1v) is 10.7. The van der Waals surface area contributed by atoms with E-state index in [0.29, 0.717) is 30.0 Å². The second kappa shape index (κ2) is 11.5. The van der Waals surface area contributed by atoms with Crippen molar-refractivity contribution in [1.82, 2.24) is 4.90 Å². The first-order chi connectivity index (χ1) is 15.6. The van der Waals surface area contributed by atoms with Crippen molar-refractivity contribution in [3.8, 4) is 0 Å². The molecule has 0 atom stereocenters. The van der Waals surface area contributed by atoms with Gasteiger partial charge in [-0.1, -0.05) is 50.1 Å². The number of nitro groups is 1. The first-order valence-electron chi connectivity index (χ1n) is 10.7. The number of nitrogens with zero attached hydrogens (tertiary/aromatic N) is 4.